The number of carbonyl (C=O) groups is 1. The number of methoxy groups -OCH3 is 1. The second-order valence-electron chi connectivity index (χ2n) is 9.11. The van der Waals surface area contributed by atoms with Gasteiger partial charge in [-0.05, 0) is 44.2 Å². The number of esters is 1. The molecule has 0 spiro atoms. The van der Waals surface area contributed by atoms with Crippen LogP contribution < -0.4 is 24.4 Å². The van der Waals surface area contributed by atoms with Crippen LogP contribution in [0, 0.1) is 0 Å². The summed E-state index contributed by atoms with van der Waals surface area (Å²) in [6.07, 6.45) is 1.77. The minimum atomic E-state index is -0.776. The van der Waals surface area contributed by atoms with Crippen molar-refractivity contribution in [2.24, 2.45) is 4.99 Å². The van der Waals surface area contributed by atoms with E-state index < -0.39 is 12.0 Å². The molecule has 1 aliphatic heterocycles. The summed E-state index contributed by atoms with van der Waals surface area (Å²) >= 11 is 13.6. The first-order chi connectivity index (χ1) is 19.8. The summed E-state index contributed by atoms with van der Waals surface area (Å²) in [7, 11) is 1.55. The Hall–Kier alpha value is -3.85. The molecule has 7 nitrogen and oxygen atoms in total. The number of hydrogen-bond acceptors (Lipinski definition) is 7. The predicted octanol–water partition coefficient (Wildman–Crippen LogP) is 5.69. The van der Waals surface area contributed by atoms with Crippen LogP contribution in [-0.2, 0) is 16.1 Å². The van der Waals surface area contributed by atoms with Crippen molar-refractivity contribution >= 4 is 46.6 Å². The lowest BCUT2D eigenvalue weighted by atomic mass is 9.95. The minimum absolute atomic E-state index is 0.191. The quantitative estimate of drug-likeness (QED) is 0.240. The van der Waals surface area contributed by atoms with Crippen molar-refractivity contribution < 1.29 is 19.0 Å². The largest absolute Gasteiger partial charge is 0.496 e. The molecule has 10 heteroatoms. The molecule has 5 rings (SSSR count). The van der Waals surface area contributed by atoms with E-state index >= 15 is 0 Å². The molecule has 0 aliphatic carbocycles. The molecular formula is C31H26Cl2N2O5S. The van der Waals surface area contributed by atoms with Crippen molar-refractivity contribution in [3.8, 4) is 11.5 Å². The zero-order chi connectivity index (χ0) is 29.1. The molecule has 0 amide bonds. The van der Waals surface area contributed by atoms with Crippen LogP contribution in [0.3, 0.4) is 0 Å². The molecule has 0 saturated carbocycles. The van der Waals surface area contributed by atoms with Crippen LogP contribution >= 0.6 is 34.5 Å². The highest BCUT2D eigenvalue weighted by atomic mass is 35.5. The molecule has 0 fully saturated rings. The van der Waals surface area contributed by atoms with E-state index in [0.717, 1.165) is 5.56 Å². The van der Waals surface area contributed by atoms with Crippen molar-refractivity contribution in [3.63, 3.8) is 0 Å². The van der Waals surface area contributed by atoms with E-state index in [2.05, 4.69) is 4.99 Å². The van der Waals surface area contributed by atoms with E-state index in [4.69, 9.17) is 37.4 Å². The first-order valence-electron chi connectivity index (χ1n) is 12.8. The van der Waals surface area contributed by atoms with Gasteiger partial charge in [-0.3, -0.25) is 9.36 Å². The topological polar surface area (TPSA) is 79.1 Å². The number of aromatic nitrogens is 1. The number of benzene rings is 3. The molecule has 3 aromatic carbocycles. The summed E-state index contributed by atoms with van der Waals surface area (Å²) in [5.74, 6) is 0.593. The monoisotopic (exact) mass is 608 g/mol. The molecule has 0 unspecified atom stereocenters. The maximum Gasteiger partial charge on any atom is 0.338 e. The van der Waals surface area contributed by atoms with E-state index in [1.54, 1.807) is 45.2 Å². The van der Waals surface area contributed by atoms with Gasteiger partial charge in [0.2, 0.25) is 0 Å². The summed E-state index contributed by atoms with van der Waals surface area (Å²) in [6.45, 7) is 3.90. The van der Waals surface area contributed by atoms with Crippen molar-refractivity contribution in [2.45, 2.75) is 26.5 Å². The highest BCUT2D eigenvalue weighted by molar-refractivity contribution is 7.07. The van der Waals surface area contributed by atoms with Gasteiger partial charge in [0.25, 0.3) is 5.56 Å². The van der Waals surface area contributed by atoms with Gasteiger partial charge in [0.1, 0.15) is 24.1 Å². The number of fused-ring (bicyclic) bond motifs is 1. The van der Waals surface area contributed by atoms with Gasteiger partial charge in [-0.2, -0.15) is 0 Å². The number of allylic oxidation sites excluding steroid dienone is 1. The molecule has 1 aliphatic rings. The summed E-state index contributed by atoms with van der Waals surface area (Å²) in [4.78, 5) is 32.3. The predicted molar refractivity (Wildman–Crippen MR) is 161 cm³/mol. The molecule has 0 saturated heterocycles. The Bertz CT molecular complexity index is 1840. The lowest BCUT2D eigenvalue weighted by molar-refractivity contribution is -0.139. The van der Waals surface area contributed by atoms with Crippen LogP contribution in [0.15, 0.2) is 87.8 Å². The van der Waals surface area contributed by atoms with Crippen LogP contribution in [0.2, 0.25) is 10.0 Å². The normalized spacial score (nSPS) is 14.9. The van der Waals surface area contributed by atoms with E-state index in [9.17, 15) is 9.59 Å². The Morgan fingerprint density at radius 3 is 2.54 bits per heavy atom. The van der Waals surface area contributed by atoms with E-state index in [-0.39, 0.29) is 18.8 Å². The maximum atomic E-state index is 14.0. The maximum absolute atomic E-state index is 14.0. The number of hydrogen-bond donors (Lipinski definition) is 0. The van der Waals surface area contributed by atoms with Crippen molar-refractivity contribution in [1.29, 1.82) is 0 Å². The first-order valence-corrected chi connectivity index (χ1v) is 14.4. The van der Waals surface area contributed by atoms with Gasteiger partial charge in [-0.15, -0.1) is 0 Å². The fraction of sp³-hybridized carbons (Fsp3) is 0.194. The Kier molecular flexibility index (Phi) is 8.63. The number of carbonyl (C=O) groups excluding carboxylic acids is 1. The molecular weight excluding hydrogens is 583 g/mol. The zero-order valence-electron chi connectivity index (χ0n) is 22.5. The van der Waals surface area contributed by atoms with Crippen molar-refractivity contribution in [2.75, 3.05) is 13.7 Å². The summed E-state index contributed by atoms with van der Waals surface area (Å²) in [6, 6.07) is 19.2. The molecule has 210 valence electrons. The van der Waals surface area contributed by atoms with Gasteiger partial charge in [0.15, 0.2) is 4.80 Å². The molecule has 1 atom stereocenters. The Morgan fingerprint density at radius 2 is 1.80 bits per heavy atom. The fourth-order valence-electron chi connectivity index (χ4n) is 4.64. The molecule has 1 aromatic heterocycles. The lowest BCUT2D eigenvalue weighted by Gasteiger charge is -2.25. The summed E-state index contributed by atoms with van der Waals surface area (Å²) in [5, 5.41) is 1.05. The lowest BCUT2D eigenvalue weighted by Crippen LogP contribution is -2.40. The SMILES string of the molecule is CCOC(=O)C1=C(C)N=c2s/c(=C/c3ccccc3OCc3ccc(Cl)cc3Cl)c(=O)n2[C@H]1c1ccccc1OC. The van der Waals surface area contributed by atoms with Gasteiger partial charge in [-0.1, -0.05) is 77.0 Å². The molecule has 0 N–H and O–H groups in total. The fourth-order valence-corrected chi connectivity index (χ4v) is 6.15. The Labute approximate surface area is 250 Å². The summed E-state index contributed by atoms with van der Waals surface area (Å²) in [5.41, 5.74) is 2.62. The third-order valence-corrected chi connectivity index (χ3v) is 8.12. The molecule has 0 radical (unpaired) electrons. The van der Waals surface area contributed by atoms with Gasteiger partial charge >= 0.3 is 5.97 Å². The van der Waals surface area contributed by atoms with E-state index in [1.165, 1.54) is 15.9 Å². The van der Waals surface area contributed by atoms with Crippen LogP contribution in [0.4, 0.5) is 0 Å². The van der Waals surface area contributed by atoms with Gasteiger partial charge in [0.05, 0.1) is 29.5 Å². The molecule has 2 heterocycles. The average molecular weight is 610 g/mol. The van der Waals surface area contributed by atoms with Crippen LogP contribution in [0.5, 0.6) is 11.5 Å². The Balaban J connectivity index is 1.61. The van der Waals surface area contributed by atoms with Crippen LogP contribution in [0.25, 0.3) is 6.08 Å². The number of halogens is 2. The first kappa shape index (κ1) is 28.7. The third-order valence-electron chi connectivity index (χ3n) is 6.55. The zero-order valence-corrected chi connectivity index (χ0v) is 24.8. The molecule has 0 bridgehead atoms. The van der Waals surface area contributed by atoms with Crippen LogP contribution in [0.1, 0.15) is 36.6 Å². The van der Waals surface area contributed by atoms with E-state index in [0.29, 0.717) is 53.3 Å². The highest BCUT2D eigenvalue weighted by Crippen LogP contribution is 2.35. The number of para-hydroxylation sites is 2. The van der Waals surface area contributed by atoms with Crippen LogP contribution in [-0.4, -0.2) is 24.3 Å². The number of rotatable bonds is 8. The van der Waals surface area contributed by atoms with Crippen molar-refractivity contribution in [1.82, 2.24) is 4.57 Å². The van der Waals surface area contributed by atoms with Crippen molar-refractivity contribution in [3.05, 3.63) is 124 Å². The minimum Gasteiger partial charge on any atom is -0.496 e. The van der Waals surface area contributed by atoms with Gasteiger partial charge in [0, 0.05) is 26.7 Å². The Morgan fingerprint density at radius 1 is 1.07 bits per heavy atom. The third kappa shape index (κ3) is 5.81. The molecule has 4 aromatic rings. The average Bonchev–Trinajstić information content (AvgIpc) is 3.26. The van der Waals surface area contributed by atoms with Gasteiger partial charge in [-0.25, -0.2) is 9.79 Å². The molecule has 41 heavy (non-hydrogen) atoms. The number of ether oxygens (including phenoxy) is 3. The number of thiazole rings is 1. The second kappa shape index (κ2) is 12.3. The standard InChI is InChI=1S/C31H26Cl2N2O5S/c1-4-39-30(37)27-18(2)34-31-35(28(27)22-10-6-8-12-25(22)38-3)29(36)26(41-31)15-19-9-5-7-11-24(19)40-17-20-13-14-21(32)16-23(20)33/h5-16,28H,4,17H2,1-3H3/b26-15+/t28-/m0/s1. The number of nitrogens with zero attached hydrogens (tertiary/aromatic N) is 2. The van der Waals surface area contributed by atoms with E-state index in [1.807, 2.05) is 48.5 Å². The van der Waals surface area contributed by atoms with Gasteiger partial charge < -0.3 is 14.2 Å². The smallest absolute Gasteiger partial charge is 0.338 e. The highest BCUT2D eigenvalue weighted by Gasteiger charge is 2.35. The second-order valence-corrected chi connectivity index (χ2v) is 11.0. The summed E-state index contributed by atoms with van der Waals surface area (Å²) < 4.78 is 19.1.